The number of nitriles is 1. The van der Waals surface area contributed by atoms with Crippen molar-refractivity contribution in [3.05, 3.63) is 29.3 Å². The molecule has 0 heterocycles. The van der Waals surface area contributed by atoms with Crippen LogP contribution < -0.4 is 5.32 Å². The van der Waals surface area contributed by atoms with E-state index in [-0.39, 0.29) is 0 Å². The Bertz CT molecular complexity index is 377. The van der Waals surface area contributed by atoms with E-state index in [0.29, 0.717) is 5.92 Å². The molecule has 1 unspecified atom stereocenters. The van der Waals surface area contributed by atoms with Crippen LogP contribution >= 0.6 is 0 Å². The molecule has 0 aliphatic rings. The third-order valence-electron chi connectivity index (χ3n) is 2.79. The lowest BCUT2D eigenvalue weighted by Crippen LogP contribution is -2.11. The van der Waals surface area contributed by atoms with E-state index in [4.69, 9.17) is 5.26 Å². The molecular weight excluding hydrogens is 196 g/mol. The zero-order valence-corrected chi connectivity index (χ0v) is 10.4. The number of benzene rings is 1. The lowest BCUT2D eigenvalue weighted by atomic mass is 10.1. The second-order valence-corrected chi connectivity index (χ2v) is 4.42. The molecule has 0 aromatic heterocycles. The Morgan fingerprint density at radius 3 is 2.81 bits per heavy atom. The fourth-order valence-corrected chi connectivity index (χ4v) is 1.76. The van der Waals surface area contributed by atoms with E-state index in [0.717, 1.165) is 17.8 Å². The lowest BCUT2D eigenvalue weighted by molar-refractivity contribution is 0.550. The summed E-state index contributed by atoms with van der Waals surface area (Å²) < 4.78 is 0. The minimum atomic E-state index is 0.676. The molecule has 1 atom stereocenters. The average molecular weight is 216 g/mol. The maximum Gasteiger partial charge on any atom is 0.0992 e. The molecule has 2 nitrogen and oxygen atoms in total. The van der Waals surface area contributed by atoms with Crippen LogP contribution in [0.1, 0.15) is 37.8 Å². The van der Waals surface area contributed by atoms with E-state index in [1.807, 2.05) is 18.2 Å². The lowest BCUT2D eigenvalue weighted by Gasteiger charge is -2.14. The largest absolute Gasteiger partial charge is 0.385 e. The highest BCUT2D eigenvalue weighted by molar-refractivity contribution is 5.55. The van der Waals surface area contributed by atoms with Crippen molar-refractivity contribution in [3.8, 4) is 6.07 Å². The van der Waals surface area contributed by atoms with Gasteiger partial charge in [0.15, 0.2) is 0 Å². The zero-order chi connectivity index (χ0) is 12.0. The first-order valence-corrected chi connectivity index (χ1v) is 5.92. The fourth-order valence-electron chi connectivity index (χ4n) is 1.76. The van der Waals surface area contributed by atoms with Crippen LogP contribution in [0.2, 0.25) is 0 Å². The fraction of sp³-hybridized carbons (Fsp3) is 0.500. The van der Waals surface area contributed by atoms with E-state index in [9.17, 15) is 0 Å². The van der Waals surface area contributed by atoms with Crippen LogP contribution in [0.5, 0.6) is 0 Å². The van der Waals surface area contributed by atoms with Crippen LogP contribution in [0.25, 0.3) is 0 Å². The molecule has 1 rings (SSSR count). The van der Waals surface area contributed by atoms with Gasteiger partial charge < -0.3 is 5.32 Å². The second kappa shape index (κ2) is 6.17. The van der Waals surface area contributed by atoms with Gasteiger partial charge in [-0.1, -0.05) is 26.3 Å². The summed E-state index contributed by atoms with van der Waals surface area (Å²) in [5.74, 6) is 0.676. The molecule has 0 fully saturated rings. The van der Waals surface area contributed by atoms with Gasteiger partial charge in [0, 0.05) is 12.2 Å². The molecule has 2 heteroatoms. The number of aryl methyl sites for hydroxylation is 1. The topological polar surface area (TPSA) is 35.8 Å². The summed E-state index contributed by atoms with van der Waals surface area (Å²) in [5, 5.41) is 12.3. The molecule has 16 heavy (non-hydrogen) atoms. The molecule has 1 aromatic carbocycles. The second-order valence-electron chi connectivity index (χ2n) is 4.42. The van der Waals surface area contributed by atoms with Crippen LogP contribution in [0.3, 0.4) is 0 Å². The Kier molecular flexibility index (Phi) is 4.85. The number of hydrogen-bond acceptors (Lipinski definition) is 2. The first-order chi connectivity index (χ1) is 7.67. The van der Waals surface area contributed by atoms with Gasteiger partial charge in [0.1, 0.15) is 0 Å². The van der Waals surface area contributed by atoms with Gasteiger partial charge in [-0.25, -0.2) is 0 Å². The molecule has 0 bridgehead atoms. The number of nitrogens with zero attached hydrogens (tertiary/aromatic N) is 1. The third kappa shape index (κ3) is 3.58. The highest BCUT2D eigenvalue weighted by Crippen LogP contribution is 2.17. The molecular formula is C14H20N2. The third-order valence-corrected chi connectivity index (χ3v) is 2.79. The first-order valence-electron chi connectivity index (χ1n) is 5.92. The standard InChI is InChI=1S/C14H20N2/c1-4-5-11(2)10-16-14-8-13(9-15)7-6-12(14)3/h6-8,11,16H,4-5,10H2,1-3H3. The Balaban J connectivity index is 2.63. The molecule has 0 amide bonds. The molecule has 0 radical (unpaired) electrons. The minimum Gasteiger partial charge on any atom is -0.385 e. The van der Waals surface area contributed by atoms with Gasteiger partial charge in [-0.15, -0.1) is 0 Å². The van der Waals surface area contributed by atoms with Gasteiger partial charge in [0.05, 0.1) is 11.6 Å². The van der Waals surface area contributed by atoms with Crippen LogP contribution in [0, 0.1) is 24.2 Å². The number of nitrogens with one attached hydrogen (secondary N) is 1. The summed E-state index contributed by atoms with van der Waals surface area (Å²) in [6.07, 6.45) is 2.46. The summed E-state index contributed by atoms with van der Waals surface area (Å²) in [7, 11) is 0. The summed E-state index contributed by atoms with van der Waals surface area (Å²) in [4.78, 5) is 0. The van der Waals surface area contributed by atoms with Gasteiger partial charge in [0.2, 0.25) is 0 Å². The minimum absolute atomic E-state index is 0.676. The highest BCUT2D eigenvalue weighted by atomic mass is 14.9. The quantitative estimate of drug-likeness (QED) is 0.814. The smallest absolute Gasteiger partial charge is 0.0992 e. The van der Waals surface area contributed by atoms with Crippen molar-refractivity contribution >= 4 is 5.69 Å². The maximum absolute atomic E-state index is 8.84. The first kappa shape index (κ1) is 12.6. The zero-order valence-electron chi connectivity index (χ0n) is 10.4. The molecule has 0 saturated carbocycles. The van der Waals surface area contributed by atoms with E-state index in [2.05, 4.69) is 32.2 Å². The van der Waals surface area contributed by atoms with Crippen LogP contribution in [0.15, 0.2) is 18.2 Å². The Morgan fingerprint density at radius 2 is 2.19 bits per heavy atom. The summed E-state index contributed by atoms with van der Waals surface area (Å²) in [6, 6.07) is 7.94. The molecule has 0 saturated heterocycles. The molecule has 0 spiro atoms. The van der Waals surface area contributed by atoms with Gasteiger partial charge in [-0.2, -0.15) is 5.26 Å². The highest BCUT2D eigenvalue weighted by Gasteiger charge is 2.03. The van der Waals surface area contributed by atoms with E-state index >= 15 is 0 Å². The van der Waals surface area contributed by atoms with Gasteiger partial charge in [-0.3, -0.25) is 0 Å². The Labute approximate surface area is 98.3 Å². The maximum atomic E-state index is 8.84. The predicted molar refractivity (Wildman–Crippen MR) is 68.5 cm³/mol. The SMILES string of the molecule is CCCC(C)CNc1cc(C#N)ccc1C. The Morgan fingerprint density at radius 1 is 1.44 bits per heavy atom. The van der Waals surface area contributed by atoms with Crippen molar-refractivity contribution in [1.29, 1.82) is 5.26 Å². The average Bonchev–Trinajstić information content (AvgIpc) is 2.28. The predicted octanol–water partition coefficient (Wildman–Crippen LogP) is 3.71. The molecule has 1 aromatic rings. The van der Waals surface area contributed by atoms with E-state index < -0.39 is 0 Å². The van der Waals surface area contributed by atoms with Crippen LogP contribution in [-0.2, 0) is 0 Å². The van der Waals surface area contributed by atoms with E-state index in [1.54, 1.807) is 0 Å². The monoisotopic (exact) mass is 216 g/mol. The molecule has 86 valence electrons. The molecule has 1 N–H and O–H groups in total. The van der Waals surface area contributed by atoms with Gasteiger partial charge in [-0.05, 0) is 37.0 Å². The number of hydrogen-bond donors (Lipinski definition) is 1. The molecule has 0 aliphatic heterocycles. The van der Waals surface area contributed by atoms with Crippen molar-refractivity contribution in [3.63, 3.8) is 0 Å². The van der Waals surface area contributed by atoms with E-state index in [1.165, 1.54) is 18.4 Å². The van der Waals surface area contributed by atoms with Crippen LogP contribution in [-0.4, -0.2) is 6.54 Å². The number of anilines is 1. The van der Waals surface area contributed by atoms with Crippen molar-refractivity contribution < 1.29 is 0 Å². The number of rotatable bonds is 5. The van der Waals surface area contributed by atoms with Crippen molar-refractivity contribution in [1.82, 2.24) is 0 Å². The Hall–Kier alpha value is -1.49. The van der Waals surface area contributed by atoms with Crippen molar-refractivity contribution in [2.24, 2.45) is 5.92 Å². The van der Waals surface area contributed by atoms with Gasteiger partial charge >= 0.3 is 0 Å². The van der Waals surface area contributed by atoms with Gasteiger partial charge in [0.25, 0.3) is 0 Å². The molecule has 0 aliphatic carbocycles. The summed E-state index contributed by atoms with van der Waals surface area (Å²) in [6.45, 7) is 7.50. The van der Waals surface area contributed by atoms with Crippen molar-refractivity contribution in [2.75, 3.05) is 11.9 Å². The van der Waals surface area contributed by atoms with Crippen LogP contribution in [0.4, 0.5) is 5.69 Å². The van der Waals surface area contributed by atoms with Crippen molar-refractivity contribution in [2.45, 2.75) is 33.6 Å². The summed E-state index contributed by atoms with van der Waals surface area (Å²) in [5.41, 5.74) is 3.00. The summed E-state index contributed by atoms with van der Waals surface area (Å²) >= 11 is 0. The normalized spacial score (nSPS) is 11.9.